The Hall–Kier alpha value is -0.573. The van der Waals surface area contributed by atoms with Crippen molar-refractivity contribution in [3.05, 3.63) is 12.2 Å². The Labute approximate surface area is 126 Å². The lowest BCUT2D eigenvalue weighted by molar-refractivity contribution is -0.143. The summed E-state index contributed by atoms with van der Waals surface area (Å²) in [5.41, 5.74) is 0.228. The van der Waals surface area contributed by atoms with Gasteiger partial charge >= 0.3 is 5.97 Å². The Balaban J connectivity index is 2.81. The molecule has 0 spiro atoms. The van der Waals surface area contributed by atoms with Crippen LogP contribution in [0.1, 0.15) is 59.3 Å². The molecule has 1 rings (SSSR count). The summed E-state index contributed by atoms with van der Waals surface area (Å²) in [5.74, 6) is 0.108. The smallest absolute Gasteiger partial charge is 0.306 e. The molecule has 0 aromatic carbocycles. The van der Waals surface area contributed by atoms with E-state index in [4.69, 9.17) is 4.74 Å². The van der Waals surface area contributed by atoms with Gasteiger partial charge in [0.2, 0.25) is 0 Å². The number of carbonyl (C=O) groups is 1. The predicted molar refractivity (Wildman–Crippen MR) is 88.7 cm³/mol. The summed E-state index contributed by atoms with van der Waals surface area (Å²) < 4.78 is 5.58. The maximum Gasteiger partial charge on any atom is 0.306 e. The van der Waals surface area contributed by atoms with E-state index in [1.54, 1.807) is 0 Å². The van der Waals surface area contributed by atoms with Crippen molar-refractivity contribution < 1.29 is 9.53 Å². The monoisotopic (exact) mass is 296 g/mol. The zero-order chi connectivity index (χ0) is 14.8. The first-order valence-corrected chi connectivity index (χ1v) is 11.2. The summed E-state index contributed by atoms with van der Waals surface area (Å²) in [5, 5.41) is 0. The van der Waals surface area contributed by atoms with Crippen LogP contribution in [0.25, 0.3) is 0 Å². The summed E-state index contributed by atoms with van der Waals surface area (Å²) in [6.07, 6.45) is 11.2. The Morgan fingerprint density at radius 3 is 2.35 bits per heavy atom. The molecule has 2 nitrogen and oxygen atoms in total. The highest BCUT2D eigenvalue weighted by Crippen LogP contribution is 2.38. The third-order valence-electron chi connectivity index (χ3n) is 5.20. The summed E-state index contributed by atoms with van der Waals surface area (Å²) in [7, 11) is -1.49. The predicted octanol–water partition coefficient (Wildman–Crippen LogP) is 5.32. The second-order valence-electron chi connectivity index (χ2n) is 6.04. The molecule has 1 aliphatic heterocycles. The molecule has 116 valence electrons. The van der Waals surface area contributed by atoms with Crippen LogP contribution in [0.4, 0.5) is 0 Å². The standard InChI is InChI=1S/C17H32O2Si/c1-4-20(5-2,6-3)16-14-12-10-8-7-9-11-13-15-19-17(16)18/h9,11,16H,4-8,10,12-15H2,1-3H3. The van der Waals surface area contributed by atoms with Crippen molar-refractivity contribution in [3.63, 3.8) is 0 Å². The maximum atomic E-state index is 12.5. The minimum absolute atomic E-state index is 0.108. The third-order valence-corrected chi connectivity index (χ3v) is 11.4. The number of rotatable bonds is 4. The molecule has 0 amide bonds. The molecular weight excluding hydrogens is 264 g/mol. The number of esters is 1. The van der Waals surface area contributed by atoms with Crippen molar-refractivity contribution in [3.8, 4) is 0 Å². The molecule has 0 aromatic rings. The maximum absolute atomic E-state index is 12.5. The summed E-state index contributed by atoms with van der Waals surface area (Å²) in [6, 6.07) is 3.62. The van der Waals surface area contributed by atoms with Crippen LogP contribution < -0.4 is 0 Å². The van der Waals surface area contributed by atoms with Crippen LogP contribution in [-0.4, -0.2) is 20.7 Å². The van der Waals surface area contributed by atoms with Crippen LogP contribution in [0.15, 0.2) is 12.2 Å². The van der Waals surface area contributed by atoms with Gasteiger partial charge in [-0.1, -0.05) is 63.9 Å². The van der Waals surface area contributed by atoms with Gasteiger partial charge in [0, 0.05) is 0 Å². The van der Waals surface area contributed by atoms with Crippen molar-refractivity contribution in [2.75, 3.05) is 6.61 Å². The molecule has 1 aliphatic rings. The number of ether oxygens (including phenoxy) is 1. The van der Waals surface area contributed by atoms with Gasteiger partial charge < -0.3 is 4.74 Å². The molecule has 0 saturated carbocycles. The summed E-state index contributed by atoms with van der Waals surface area (Å²) in [4.78, 5) is 12.5. The van der Waals surface area contributed by atoms with Gasteiger partial charge in [0.05, 0.1) is 20.2 Å². The van der Waals surface area contributed by atoms with Gasteiger partial charge in [0.1, 0.15) is 0 Å². The minimum Gasteiger partial charge on any atom is -0.465 e. The van der Waals surface area contributed by atoms with Crippen LogP contribution in [0.2, 0.25) is 23.7 Å². The second-order valence-corrected chi connectivity index (χ2v) is 11.6. The van der Waals surface area contributed by atoms with E-state index in [1.807, 2.05) is 0 Å². The second kappa shape index (κ2) is 9.38. The van der Waals surface area contributed by atoms with E-state index < -0.39 is 8.07 Å². The Kier molecular flexibility index (Phi) is 8.20. The average molecular weight is 297 g/mol. The summed E-state index contributed by atoms with van der Waals surface area (Å²) in [6.45, 7) is 7.41. The van der Waals surface area contributed by atoms with Crippen LogP contribution in [-0.2, 0) is 9.53 Å². The Bertz CT molecular complexity index is 300. The first kappa shape index (κ1) is 17.5. The molecule has 0 aliphatic carbocycles. The number of hydrogen-bond donors (Lipinski definition) is 0. The van der Waals surface area contributed by atoms with E-state index in [-0.39, 0.29) is 11.5 Å². The minimum atomic E-state index is -1.49. The normalized spacial score (nSPS) is 22.8. The van der Waals surface area contributed by atoms with Gasteiger partial charge in [-0.3, -0.25) is 4.79 Å². The third kappa shape index (κ3) is 4.76. The first-order chi connectivity index (χ1) is 9.70. The SMILES string of the molecule is CC[Si](CC)(CC)C1CCCCCC=CCCOC1=O. The molecule has 0 saturated heterocycles. The van der Waals surface area contributed by atoms with E-state index in [0.717, 1.165) is 12.8 Å². The molecule has 20 heavy (non-hydrogen) atoms. The van der Waals surface area contributed by atoms with E-state index in [1.165, 1.54) is 43.8 Å². The molecule has 0 bridgehead atoms. The van der Waals surface area contributed by atoms with Crippen molar-refractivity contribution in [1.29, 1.82) is 0 Å². The highest BCUT2D eigenvalue weighted by atomic mass is 28.3. The Morgan fingerprint density at radius 1 is 1.05 bits per heavy atom. The fourth-order valence-corrected chi connectivity index (χ4v) is 7.89. The summed E-state index contributed by atoms with van der Waals surface area (Å²) >= 11 is 0. The number of carbonyl (C=O) groups excluding carboxylic acids is 1. The topological polar surface area (TPSA) is 26.3 Å². The van der Waals surface area contributed by atoms with E-state index in [0.29, 0.717) is 6.61 Å². The van der Waals surface area contributed by atoms with Crippen molar-refractivity contribution in [1.82, 2.24) is 0 Å². The fourth-order valence-electron chi connectivity index (χ4n) is 3.51. The first-order valence-electron chi connectivity index (χ1n) is 8.51. The highest BCUT2D eigenvalue weighted by molar-refractivity contribution is 6.83. The molecule has 0 N–H and O–H groups in total. The zero-order valence-corrected chi connectivity index (χ0v) is 14.6. The average Bonchev–Trinajstić information content (AvgIpc) is 2.47. The van der Waals surface area contributed by atoms with Gasteiger partial charge in [0.25, 0.3) is 0 Å². The Morgan fingerprint density at radius 2 is 1.70 bits per heavy atom. The molecule has 1 heterocycles. The van der Waals surface area contributed by atoms with Gasteiger partial charge in [-0.05, 0) is 25.7 Å². The molecular formula is C17H32O2Si. The van der Waals surface area contributed by atoms with Gasteiger partial charge in [-0.25, -0.2) is 0 Å². The fraction of sp³-hybridized carbons (Fsp3) is 0.824. The molecule has 0 aromatic heterocycles. The van der Waals surface area contributed by atoms with Crippen LogP contribution >= 0.6 is 0 Å². The molecule has 0 fully saturated rings. The van der Waals surface area contributed by atoms with E-state index >= 15 is 0 Å². The van der Waals surface area contributed by atoms with Crippen molar-refractivity contribution in [2.45, 2.75) is 83.0 Å². The quantitative estimate of drug-likeness (QED) is 0.399. The van der Waals surface area contributed by atoms with E-state index in [9.17, 15) is 4.79 Å². The van der Waals surface area contributed by atoms with Gasteiger partial charge in [-0.2, -0.15) is 0 Å². The van der Waals surface area contributed by atoms with E-state index in [2.05, 4.69) is 32.9 Å². The van der Waals surface area contributed by atoms with Crippen molar-refractivity contribution >= 4 is 14.0 Å². The van der Waals surface area contributed by atoms with Crippen LogP contribution in [0.5, 0.6) is 0 Å². The molecule has 0 radical (unpaired) electrons. The molecule has 1 unspecified atom stereocenters. The lowest BCUT2D eigenvalue weighted by Crippen LogP contribution is -2.42. The van der Waals surface area contributed by atoms with Crippen molar-refractivity contribution in [2.24, 2.45) is 0 Å². The lowest BCUT2D eigenvalue weighted by atomic mass is 10.1. The van der Waals surface area contributed by atoms with Crippen LogP contribution in [0, 0.1) is 0 Å². The number of cyclic esters (lactones) is 1. The molecule has 1 atom stereocenters. The molecule has 3 heteroatoms. The lowest BCUT2D eigenvalue weighted by Gasteiger charge is -2.35. The van der Waals surface area contributed by atoms with Crippen LogP contribution in [0.3, 0.4) is 0 Å². The van der Waals surface area contributed by atoms with Gasteiger partial charge in [0.15, 0.2) is 0 Å². The number of allylic oxidation sites excluding steroid dienone is 1. The number of hydrogen-bond acceptors (Lipinski definition) is 2. The van der Waals surface area contributed by atoms with Gasteiger partial charge in [-0.15, -0.1) is 0 Å². The largest absolute Gasteiger partial charge is 0.465 e. The highest BCUT2D eigenvalue weighted by Gasteiger charge is 2.41. The zero-order valence-electron chi connectivity index (χ0n) is 13.6.